The van der Waals surface area contributed by atoms with E-state index in [1.165, 1.54) is 12.1 Å². The summed E-state index contributed by atoms with van der Waals surface area (Å²) in [6.45, 7) is 19.9. The fourth-order valence-electron chi connectivity index (χ4n) is 8.14. The predicted octanol–water partition coefficient (Wildman–Crippen LogP) is 12.1. The molecule has 0 saturated carbocycles. The molecule has 11 heteroatoms. The number of halogens is 5. The largest absolute Gasteiger partial charge is 0.378 e. The maximum Gasteiger partial charge on any atom is 0.137 e. The summed E-state index contributed by atoms with van der Waals surface area (Å²) in [7, 11) is 0. The first-order valence-corrected chi connectivity index (χ1v) is 20.0. The van der Waals surface area contributed by atoms with Gasteiger partial charge >= 0.3 is 0 Å². The van der Waals surface area contributed by atoms with Gasteiger partial charge in [0.1, 0.15) is 23.3 Å². The van der Waals surface area contributed by atoms with Crippen molar-refractivity contribution in [3.63, 3.8) is 0 Å². The maximum absolute atomic E-state index is 15.6. The Bertz CT molecular complexity index is 2830. The molecule has 2 aliphatic heterocycles. The van der Waals surface area contributed by atoms with E-state index in [2.05, 4.69) is 47.9 Å². The van der Waals surface area contributed by atoms with Gasteiger partial charge in [0.25, 0.3) is 0 Å². The molecule has 3 aromatic heterocycles. The molecule has 0 aliphatic carbocycles. The van der Waals surface area contributed by atoms with Crippen molar-refractivity contribution >= 4 is 61.6 Å². The van der Waals surface area contributed by atoms with Gasteiger partial charge in [0.05, 0.1) is 80.4 Å². The normalized spacial score (nSPS) is 14.6. The third-order valence-corrected chi connectivity index (χ3v) is 11.7. The molecule has 0 N–H and O–H groups in total. The zero-order valence-electron chi connectivity index (χ0n) is 33.7. The Morgan fingerprint density at radius 3 is 1.80 bits per heavy atom. The molecule has 0 unspecified atom stereocenters. The lowest BCUT2D eigenvalue weighted by atomic mass is 9.91. The van der Waals surface area contributed by atoms with E-state index in [0.717, 1.165) is 59.0 Å². The molecule has 0 amide bonds. The summed E-state index contributed by atoms with van der Waals surface area (Å²) in [6, 6.07) is 25.6. The molecule has 0 spiro atoms. The second kappa shape index (κ2) is 16.2. The van der Waals surface area contributed by atoms with Gasteiger partial charge in [0, 0.05) is 60.5 Å². The van der Waals surface area contributed by atoms with Gasteiger partial charge < -0.3 is 14.5 Å². The van der Waals surface area contributed by atoms with E-state index in [9.17, 15) is 13.2 Å². The lowest BCUT2D eigenvalue weighted by molar-refractivity contribution is 0.122. The molecule has 4 aromatic carbocycles. The van der Waals surface area contributed by atoms with Crippen molar-refractivity contribution in [1.82, 2.24) is 15.0 Å². The first-order valence-electron chi connectivity index (χ1n) is 19.6. The number of anilines is 3. The molecule has 1 fully saturated rings. The van der Waals surface area contributed by atoms with Crippen LogP contribution in [0.15, 0.2) is 110 Å². The molecule has 1 saturated heterocycles. The van der Waals surface area contributed by atoms with Crippen molar-refractivity contribution < 1.29 is 22.3 Å². The zero-order chi connectivity index (χ0) is 42.5. The van der Waals surface area contributed by atoms with Crippen LogP contribution < -0.4 is 9.80 Å². The van der Waals surface area contributed by atoms with Gasteiger partial charge in [-0.25, -0.2) is 27.5 Å². The number of aromatic nitrogens is 3. The van der Waals surface area contributed by atoms with Crippen molar-refractivity contribution in [2.24, 2.45) is 0 Å². The van der Waals surface area contributed by atoms with Crippen LogP contribution in [0.5, 0.6) is 0 Å². The van der Waals surface area contributed by atoms with E-state index in [1.54, 1.807) is 6.92 Å². The zero-order valence-corrected chi connectivity index (χ0v) is 34.5. The van der Waals surface area contributed by atoms with E-state index in [4.69, 9.17) is 26.3 Å². The number of morpholine rings is 1. The highest BCUT2D eigenvalue weighted by atomic mass is 35.5. The van der Waals surface area contributed by atoms with Gasteiger partial charge in [-0.3, -0.25) is 4.98 Å². The Hall–Kier alpha value is -6.10. The number of hydrogen-bond donors (Lipinski definition) is 0. The summed E-state index contributed by atoms with van der Waals surface area (Å²) in [4.78, 5) is 18.4. The van der Waals surface area contributed by atoms with Crippen molar-refractivity contribution in [3.05, 3.63) is 178 Å². The topological polar surface area (TPSA) is 54.4 Å². The monoisotopic (exact) mass is 827 g/mol. The Morgan fingerprint density at radius 1 is 0.717 bits per heavy atom. The maximum atomic E-state index is 15.6. The van der Waals surface area contributed by atoms with Crippen LogP contribution in [-0.2, 0) is 10.2 Å². The molecule has 2 aliphatic rings. The number of hydrogen-bond acceptors (Lipinski definition) is 6. The van der Waals surface area contributed by atoms with Crippen LogP contribution in [0, 0.1) is 37.1 Å². The molecule has 0 atom stereocenters. The first-order chi connectivity index (χ1) is 28.7. The van der Waals surface area contributed by atoms with E-state index < -0.39 is 23.3 Å². The predicted molar refractivity (Wildman–Crippen MR) is 234 cm³/mol. The minimum atomic E-state index is -0.715. The van der Waals surface area contributed by atoms with Crippen molar-refractivity contribution in [3.8, 4) is 0 Å². The van der Waals surface area contributed by atoms with Crippen molar-refractivity contribution in [1.29, 1.82) is 0 Å². The van der Waals surface area contributed by atoms with Crippen LogP contribution in [0.3, 0.4) is 0 Å². The smallest absolute Gasteiger partial charge is 0.137 e. The molecule has 0 radical (unpaired) electrons. The molecular weight excluding hydrogens is 786 g/mol. The summed E-state index contributed by atoms with van der Waals surface area (Å²) in [6.07, 6.45) is 1.92. The molecule has 60 heavy (non-hydrogen) atoms. The van der Waals surface area contributed by atoms with Crippen LogP contribution in [0.1, 0.15) is 53.2 Å². The third kappa shape index (κ3) is 7.50. The lowest BCUT2D eigenvalue weighted by Crippen LogP contribution is -2.36. The molecule has 5 heterocycles. The Kier molecular flexibility index (Phi) is 11.0. The van der Waals surface area contributed by atoms with Crippen LogP contribution in [0.2, 0.25) is 5.02 Å². The number of benzene rings is 4. The lowest BCUT2D eigenvalue weighted by Gasteiger charge is -2.30. The molecule has 304 valence electrons. The summed E-state index contributed by atoms with van der Waals surface area (Å²) < 4.78 is 62.9. The van der Waals surface area contributed by atoms with Gasteiger partial charge in [0.15, 0.2) is 0 Å². The van der Waals surface area contributed by atoms with Crippen LogP contribution in [0.4, 0.5) is 34.6 Å². The minimum absolute atomic E-state index is 0.130. The van der Waals surface area contributed by atoms with Crippen LogP contribution in [0.25, 0.3) is 33.0 Å². The third-order valence-electron chi connectivity index (χ3n) is 11.2. The SMILES string of the molecule is C=C(c1ccccc1)c1nc2cc(F)cc(F)c2c(Cl)c1C.C=C(c1ccccc1)c1nc2cc(F)cc(F)c2c(N2CC(C)(C)c3ncc(N4CCOCC4)cc32)c1C. The highest BCUT2D eigenvalue weighted by Gasteiger charge is 2.40. The van der Waals surface area contributed by atoms with Gasteiger partial charge in [-0.15, -0.1) is 0 Å². The summed E-state index contributed by atoms with van der Waals surface area (Å²) in [5, 5.41) is 0.661. The fourth-order valence-corrected chi connectivity index (χ4v) is 8.42. The van der Waals surface area contributed by atoms with E-state index >= 15 is 4.39 Å². The molecule has 7 aromatic rings. The van der Waals surface area contributed by atoms with Crippen LogP contribution >= 0.6 is 11.6 Å². The standard InChI is InChI=1S/C31H30F2N4O.C18H12ClF2N/c1-19(21-8-6-5-7-9-21)28-20(2)29(27-24(33)14-22(32)15-25(27)35-28)37-18-31(3,4)30-26(37)16-23(17-34-30)36-10-12-38-13-11-36;1-10(12-6-4-3-5-7-12)18-11(2)17(19)16-14(21)8-13(20)9-15(16)22-18/h5-9,14-17H,1,10-13,18H2,2-4H3;3-9H,1H2,2H3. The number of nitrogens with zero attached hydrogens (tertiary/aromatic N) is 5. The summed E-state index contributed by atoms with van der Waals surface area (Å²) in [5.74, 6) is -2.70. The quantitative estimate of drug-likeness (QED) is 0.156. The summed E-state index contributed by atoms with van der Waals surface area (Å²) >= 11 is 6.28. The first kappa shape index (κ1) is 40.7. The Balaban J connectivity index is 0.000000193. The number of fused-ring (bicyclic) bond motifs is 3. The summed E-state index contributed by atoms with van der Waals surface area (Å²) in [5.41, 5.74) is 9.42. The van der Waals surface area contributed by atoms with Gasteiger partial charge in [0.2, 0.25) is 0 Å². The highest BCUT2D eigenvalue weighted by molar-refractivity contribution is 6.36. The van der Waals surface area contributed by atoms with E-state index in [-0.39, 0.29) is 26.9 Å². The average molecular weight is 828 g/mol. The molecule has 6 nitrogen and oxygen atoms in total. The molecule has 0 bridgehead atoms. The van der Waals surface area contributed by atoms with E-state index in [1.807, 2.05) is 73.8 Å². The fraction of sp³-hybridized carbons (Fsp3) is 0.204. The second-order valence-corrected chi connectivity index (χ2v) is 16.1. The molecule has 9 rings (SSSR count). The highest BCUT2D eigenvalue weighted by Crippen LogP contribution is 2.49. The van der Waals surface area contributed by atoms with Crippen LogP contribution in [-0.4, -0.2) is 47.8 Å². The van der Waals surface area contributed by atoms with E-state index in [0.29, 0.717) is 58.9 Å². The number of rotatable bonds is 6. The number of ether oxygens (including phenoxy) is 1. The van der Waals surface area contributed by atoms with Crippen molar-refractivity contribution in [2.75, 3.05) is 42.6 Å². The van der Waals surface area contributed by atoms with Gasteiger partial charge in [-0.1, -0.05) is 99.3 Å². The Labute approximate surface area is 351 Å². The number of pyridine rings is 3. The van der Waals surface area contributed by atoms with Gasteiger partial charge in [-0.05, 0) is 42.2 Å². The molecular formula is C49H42ClF4N5O. The second-order valence-electron chi connectivity index (χ2n) is 15.7. The average Bonchev–Trinajstić information content (AvgIpc) is 3.51. The minimum Gasteiger partial charge on any atom is -0.378 e. The van der Waals surface area contributed by atoms with Crippen molar-refractivity contribution in [2.45, 2.75) is 33.1 Å². The Morgan fingerprint density at radius 2 is 1.23 bits per heavy atom. The van der Waals surface area contributed by atoms with Gasteiger partial charge in [-0.2, -0.15) is 0 Å².